The Kier molecular flexibility index (Phi) is 7.42. The van der Waals surface area contributed by atoms with Gasteiger partial charge in [-0.05, 0) is 60.3 Å². The molecule has 2 N–H and O–H groups in total. The summed E-state index contributed by atoms with van der Waals surface area (Å²) < 4.78 is 0. The molecule has 1 aliphatic heterocycles. The van der Waals surface area contributed by atoms with Crippen LogP contribution in [0.4, 0.5) is 0 Å². The molecule has 6 heteroatoms. The van der Waals surface area contributed by atoms with Gasteiger partial charge in [0.2, 0.25) is 0 Å². The van der Waals surface area contributed by atoms with Crippen LogP contribution in [-0.2, 0) is 5.75 Å². The van der Waals surface area contributed by atoms with Crippen LogP contribution in [0.25, 0.3) is 0 Å². The summed E-state index contributed by atoms with van der Waals surface area (Å²) >= 11 is 7.66. The van der Waals surface area contributed by atoms with Crippen LogP contribution in [0.1, 0.15) is 29.3 Å². The van der Waals surface area contributed by atoms with E-state index in [1.165, 1.54) is 10.5 Å². The Morgan fingerprint density at radius 1 is 1.19 bits per heavy atom. The second-order valence-electron chi connectivity index (χ2n) is 6.93. The van der Waals surface area contributed by atoms with Gasteiger partial charge in [-0.25, -0.2) is 0 Å². The molecule has 1 heterocycles. The van der Waals surface area contributed by atoms with Crippen molar-refractivity contribution in [1.82, 2.24) is 4.90 Å². The number of hydrogen-bond donors (Lipinski definition) is 1. The number of thioether (sulfide) groups is 1. The van der Waals surface area contributed by atoms with E-state index in [0.29, 0.717) is 6.54 Å². The lowest BCUT2D eigenvalue weighted by Crippen LogP contribution is -2.34. The fourth-order valence-corrected chi connectivity index (χ4v) is 3.97. The fourth-order valence-electron chi connectivity index (χ4n) is 2.99. The highest BCUT2D eigenvalue weighted by Gasteiger charge is 2.35. The van der Waals surface area contributed by atoms with Crippen LogP contribution < -0.4 is 5.73 Å². The largest absolute Gasteiger partial charge is 0.338 e. The first-order valence-electron chi connectivity index (χ1n) is 8.46. The van der Waals surface area contributed by atoms with Gasteiger partial charge in [0.25, 0.3) is 5.91 Å². The molecule has 3 nitrogen and oxygen atoms in total. The summed E-state index contributed by atoms with van der Waals surface area (Å²) in [6.07, 6.45) is 0.977. The summed E-state index contributed by atoms with van der Waals surface area (Å²) in [4.78, 5) is 15.7. The van der Waals surface area contributed by atoms with Gasteiger partial charge in [0.15, 0.2) is 0 Å². The van der Waals surface area contributed by atoms with Crippen LogP contribution >= 0.6 is 35.8 Å². The van der Waals surface area contributed by atoms with Crippen LogP contribution in [0, 0.1) is 5.41 Å². The van der Waals surface area contributed by atoms with Crippen LogP contribution in [0.15, 0.2) is 53.4 Å². The number of carbonyl (C=O) groups is 1. The van der Waals surface area contributed by atoms with Gasteiger partial charge in [0.1, 0.15) is 0 Å². The highest BCUT2D eigenvalue weighted by atomic mass is 35.5. The zero-order valence-corrected chi connectivity index (χ0v) is 17.2. The van der Waals surface area contributed by atoms with E-state index in [0.717, 1.165) is 35.8 Å². The van der Waals surface area contributed by atoms with E-state index in [1.54, 1.807) is 11.8 Å². The number of halogens is 2. The minimum Gasteiger partial charge on any atom is -0.338 e. The molecule has 1 aliphatic rings. The van der Waals surface area contributed by atoms with E-state index in [9.17, 15) is 4.79 Å². The van der Waals surface area contributed by atoms with Crippen molar-refractivity contribution in [1.29, 1.82) is 0 Å². The first-order valence-corrected chi connectivity index (χ1v) is 9.82. The number of carbonyl (C=O) groups excluding carboxylic acids is 1. The summed E-state index contributed by atoms with van der Waals surface area (Å²) in [5.74, 6) is 0.972. The molecule has 140 valence electrons. The second kappa shape index (κ2) is 9.14. The Labute approximate surface area is 170 Å². The van der Waals surface area contributed by atoms with Crippen LogP contribution in [0.2, 0.25) is 5.02 Å². The summed E-state index contributed by atoms with van der Waals surface area (Å²) in [5, 5.41) is 0.750. The molecular formula is C20H24Cl2N2OS. The lowest BCUT2D eigenvalue weighted by atomic mass is 9.90. The van der Waals surface area contributed by atoms with Gasteiger partial charge < -0.3 is 10.6 Å². The third-order valence-electron chi connectivity index (χ3n) is 4.76. The molecule has 0 spiro atoms. The summed E-state index contributed by atoms with van der Waals surface area (Å²) in [6.45, 7) is 4.31. The SMILES string of the molecule is CC1(CN)CCN(C(=O)c2ccc(CSc3ccc(Cl)cc3)cc2)C1.Cl. The molecule has 1 saturated heterocycles. The Bertz CT molecular complexity index is 736. The fraction of sp³-hybridized carbons (Fsp3) is 0.350. The number of rotatable bonds is 5. The Balaban J connectivity index is 0.00000243. The van der Waals surface area contributed by atoms with Crippen molar-refractivity contribution < 1.29 is 4.79 Å². The summed E-state index contributed by atoms with van der Waals surface area (Å²) in [5.41, 5.74) is 7.84. The summed E-state index contributed by atoms with van der Waals surface area (Å²) in [7, 11) is 0. The lowest BCUT2D eigenvalue weighted by molar-refractivity contribution is 0.0777. The minimum atomic E-state index is 0. The maximum absolute atomic E-state index is 12.6. The van der Waals surface area contributed by atoms with Crippen LogP contribution in [-0.4, -0.2) is 30.4 Å². The van der Waals surface area contributed by atoms with E-state index in [-0.39, 0.29) is 23.7 Å². The molecule has 26 heavy (non-hydrogen) atoms. The number of nitrogens with two attached hydrogens (primary N) is 1. The van der Waals surface area contributed by atoms with Gasteiger partial charge in [0, 0.05) is 34.3 Å². The van der Waals surface area contributed by atoms with Crippen molar-refractivity contribution in [2.75, 3.05) is 19.6 Å². The van der Waals surface area contributed by atoms with Gasteiger partial charge in [-0.2, -0.15) is 0 Å². The van der Waals surface area contributed by atoms with Crippen molar-refractivity contribution in [3.8, 4) is 0 Å². The van der Waals surface area contributed by atoms with Gasteiger partial charge >= 0.3 is 0 Å². The molecule has 1 fully saturated rings. The lowest BCUT2D eigenvalue weighted by Gasteiger charge is -2.22. The van der Waals surface area contributed by atoms with Crippen molar-refractivity contribution in [3.63, 3.8) is 0 Å². The zero-order chi connectivity index (χ0) is 17.9. The smallest absolute Gasteiger partial charge is 0.253 e. The molecule has 2 aromatic rings. The van der Waals surface area contributed by atoms with Gasteiger partial charge in [-0.1, -0.05) is 30.7 Å². The number of benzene rings is 2. The standard InChI is InChI=1S/C20H23ClN2OS.ClH/c1-20(13-22)10-11-23(14-20)19(24)16-4-2-15(3-5-16)12-25-18-8-6-17(21)7-9-18;/h2-9H,10-14,22H2,1H3;1H. The number of nitrogens with zero attached hydrogens (tertiary/aromatic N) is 1. The highest BCUT2D eigenvalue weighted by Crippen LogP contribution is 2.30. The summed E-state index contributed by atoms with van der Waals surface area (Å²) in [6, 6.07) is 15.8. The first-order chi connectivity index (χ1) is 12.0. The van der Waals surface area contributed by atoms with Gasteiger partial charge in [0.05, 0.1) is 0 Å². The van der Waals surface area contributed by atoms with E-state index >= 15 is 0 Å². The Morgan fingerprint density at radius 3 is 2.42 bits per heavy atom. The monoisotopic (exact) mass is 410 g/mol. The molecule has 0 aromatic heterocycles. The Morgan fingerprint density at radius 2 is 1.85 bits per heavy atom. The predicted octanol–water partition coefficient (Wildman–Crippen LogP) is 4.87. The third kappa shape index (κ3) is 5.17. The van der Waals surface area contributed by atoms with Gasteiger partial charge in [-0.15, -0.1) is 24.2 Å². The molecule has 1 amide bonds. The maximum atomic E-state index is 12.6. The zero-order valence-electron chi connectivity index (χ0n) is 14.8. The van der Waals surface area contributed by atoms with Crippen molar-refractivity contribution in [2.45, 2.75) is 24.0 Å². The predicted molar refractivity (Wildman–Crippen MR) is 112 cm³/mol. The first kappa shape index (κ1) is 21.1. The molecule has 1 atom stereocenters. The third-order valence-corrected chi connectivity index (χ3v) is 6.09. The molecule has 0 bridgehead atoms. The number of hydrogen-bond acceptors (Lipinski definition) is 3. The second-order valence-corrected chi connectivity index (χ2v) is 8.42. The van der Waals surface area contributed by atoms with E-state index < -0.39 is 0 Å². The highest BCUT2D eigenvalue weighted by molar-refractivity contribution is 7.98. The Hall–Kier alpha value is -1.20. The topological polar surface area (TPSA) is 46.3 Å². The van der Waals surface area contributed by atoms with Crippen molar-refractivity contribution >= 4 is 41.7 Å². The minimum absolute atomic E-state index is 0. The molecule has 3 rings (SSSR count). The van der Waals surface area contributed by atoms with E-state index in [1.807, 2.05) is 53.4 Å². The van der Waals surface area contributed by atoms with Crippen LogP contribution in [0.5, 0.6) is 0 Å². The molecular weight excluding hydrogens is 387 g/mol. The average molecular weight is 411 g/mol. The molecule has 0 saturated carbocycles. The molecule has 0 aliphatic carbocycles. The quantitative estimate of drug-likeness (QED) is 0.715. The van der Waals surface area contributed by atoms with E-state index in [4.69, 9.17) is 17.3 Å². The molecule has 0 radical (unpaired) electrons. The van der Waals surface area contributed by atoms with Crippen LogP contribution in [0.3, 0.4) is 0 Å². The van der Waals surface area contributed by atoms with Gasteiger partial charge in [-0.3, -0.25) is 4.79 Å². The maximum Gasteiger partial charge on any atom is 0.253 e. The molecule has 2 aromatic carbocycles. The normalized spacial score (nSPS) is 19.3. The number of likely N-dealkylation sites (tertiary alicyclic amines) is 1. The van der Waals surface area contributed by atoms with E-state index in [2.05, 4.69) is 6.92 Å². The molecule has 1 unspecified atom stereocenters. The average Bonchev–Trinajstić information content (AvgIpc) is 3.04. The van der Waals surface area contributed by atoms with Crippen molar-refractivity contribution in [2.24, 2.45) is 11.1 Å². The number of amides is 1. The van der Waals surface area contributed by atoms with Crippen molar-refractivity contribution in [3.05, 3.63) is 64.7 Å².